The van der Waals surface area contributed by atoms with Gasteiger partial charge in [-0.1, -0.05) is 5.16 Å². The van der Waals surface area contributed by atoms with Crippen molar-refractivity contribution in [1.82, 2.24) is 10.3 Å². The third-order valence-electron chi connectivity index (χ3n) is 2.19. The van der Waals surface area contributed by atoms with E-state index >= 15 is 0 Å². The van der Waals surface area contributed by atoms with Crippen molar-refractivity contribution in [3.63, 3.8) is 0 Å². The van der Waals surface area contributed by atoms with Crippen LogP contribution in [0.5, 0.6) is 0 Å². The van der Waals surface area contributed by atoms with Gasteiger partial charge in [0.05, 0.1) is 6.04 Å². The zero-order valence-corrected chi connectivity index (χ0v) is 10.6. The number of rotatable bonds is 5. The Morgan fingerprint density at radius 1 is 1.69 bits per heavy atom. The Kier molecular flexibility index (Phi) is 4.70. The molecule has 0 saturated carbocycles. The second kappa shape index (κ2) is 5.81. The van der Waals surface area contributed by atoms with E-state index in [1.54, 1.807) is 11.3 Å². The normalized spacial score (nSPS) is 16.1. The Morgan fingerprint density at radius 3 is 2.88 bits per heavy atom. The molecule has 0 aromatic carbocycles. The number of hydrogen-bond donors (Lipinski definition) is 3. The summed E-state index contributed by atoms with van der Waals surface area (Å²) in [5.74, 6) is 0.238. The lowest BCUT2D eigenvalue weighted by Gasteiger charge is -2.17. The van der Waals surface area contributed by atoms with Crippen LogP contribution in [0.4, 0.5) is 0 Å². The minimum absolute atomic E-state index is 0.148. The summed E-state index contributed by atoms with van der Waals surface area (Å²) < 4.78 is 0. The van der Waals surface area contributed by atoms with Gasteiger partial charge in [-0.25, -0.2) is 4.98 Å². The van der Waals surface area contributed by atoms with Gasteiger partial charge in [-0.2, -0.15) is 0 Å². The lowest BCUT2D eigenvalue weighted by molar-refractivity contribution is 0.315. The van der Waals surface area contributed by atoms with E-state index in [0.717, 1.165) is 10.7 Å². The molecule has 0 saturated heterocycles. The zero-order valence-electron chi connectivity index (χ0n) is 9.77. The van der Waals surface area contributed by atoms with E-state index in [-0.39, 0.29) is 17.9 Å². The highest BCUT2D eigenvalue weighted by molar-refractivity contribution is 7.09. The van der Waals surface area contributed by atoms with Gasteiger partial charge in [0.15, 0.2) is 0 Å². The highest BCUT2D eigenvalue weighted by atomic mass is 32.1. The quantitative estimate of drug-likeness (QED) is 0.317. The molecule has 0 spiro atoms. The predicted molar refractivity (Wildman–Crippen MR) is 65.9 cm³/mol. The number of oxime groups is 1. The van der Waals surface area contributed by atoms with Gasteiger partial charge in [-0.05, 0) is 20.8 Å². The molecule has 0 aliphatic rings. The Bertz CT molecular complexity index is 363. The van der Waals surface area contributed by atoms with E-state index in [2.05, 4.69) is 22.4 Å². The number of nitrogens with one attached hydrogen (secondary N) is 1. The fourth-order valence-electron chi connectivity index (χ4n) is 1.48. The van der Waals surface area contributed by atoms with Crippen molar-refractivity contribution >= 4 is 17.2 Å². The van der Waals surface area contributed by atoms with Gasteiger partial charge < -0.3 is 16.3 Å². The van der Waals surface area contributed by atoms with Crippen LogP contribution in [0.25, 0.3) is 0 Å². The molecule has 90 valence electrons. The number of nitrogens with zero attached hydrogens (tertiary/aromatic N) is 2. The molecule has 1 aromatic heterocycles. The minimum atomic E-state index is 0.148. The van der Waals surface area contributed by atoms with Crippen molar-refractivity contribution in [3.05, 3.63) is 16.1 Å². The van der Waals surface area contributed by atoms with Crippen molar-refractivity contribution in [1.29, 1.82) is 0 Å². The summed E-state index contributed by atoms with van der Waals surface area (Å²) in [4.78, 5) is 4.41. The average molecular weight is 242 g/mol. The Labute approximate surface area is 99.4 Å². The summed E-state index contributed by atoms with van der Waals surface area (Å²) in [5.41, 5.74) is 6.48. The van der Waals surface area contributed by atoms with Crippen LogP contribution in [-0.2, 0) is 0 Å². The summed E-state index contributed by atoms with van der Waals surface area (Å²) in [6, 6.07) is 0.329. The number of amidine groups is 1. The van der Waals surface area contributed by atoms with Crippen molar-refractivity contribution in [2.75, 3.05) is 0 Å². The molecule has 1 rings (SSSR count). The standard InChI is InChI=1S/C10H18N4OS/c1-6(4-9(11)14-15)12-8(3)10-13-7(2)5-16-10/h5-6,8,12,15H,4H2,1-3H3,(H2,11,14). The maximum absolute atomic E-state index is 8.46. The summed E-state index contributed by atoms with van der Waals surface area (Å²) in [7, 11) is 0. The molecule has 0 fully saturated rings. The van der Waals surface area contributed by atoms with Gasteiger partial charge in [-0.15, -0.1) is 11.3 Å². The van der Waals surface area contributed by atoms with Crippen LogP contribution < -0.4 is 11.1 Å². The number of thiazole rings is 1. The summed E-state index contributed by atoms with van der Waals surface area (Å²) in [5, 5.41) is 17.9. The van der Waals surface area contributed by atoms with Crippen LogP contribution >= 0.6 is 11.3 Å². The van der Waals surface area contributed by atoms with Crippen molar-refractivity contribution in [3.8, 4) is 0 Å². The minimum Gasteiger partial charge on any atom is -0.409 e. The van der Waals surface area contributed by atoms with E-state index in [1.807, 2.05) is 19.2 Å². The van der Waals surface area contributed by atoms with Crippen molar-refractivity contribution in [2.24, 2.45) is 10.9 Å². The third kappa shape index (κ3) is 3.79. The SMILES string of the molecule is Cc1csc(C(C)NC(C)CC(N)=NO)n1. The van der Waals surface area contributed by atoms with Crippen LogP contribution in [0.15, 0.2) is 10.5 Å². The lowest BCUT2D eigenvalue weighted by atomic mass is 10.2. The number of nitrogens with two attached hydrogens (primary N) is 1. The molecular formula is C10H18N4OS. The molecular weight excluding hydrogens is 224 g/mol. The van der Waals surface area contributed by atoms with Gasteiger partial charge >= 0.3 is 0 Å². The Balaban J connectivity index is 2.48. The topological polar surface area (TPSA) is 83.5 Å². The van der Waals surface area contributed by atoms with E-state index < -0.39 is 0 Å². The monoisotopic (exact) mass is 242 g/mol. The van der Waals surface area contributed by atoms with Crippen LogP contribution in [0.3, 0.4) is 0 Å². The first-order valence-corrected chi connectivity index (χ1v) is 6.05. The number of hydrogen-bond acceptors (Lipinski definition) is 5. The molecule has 0 radical (unpaired) electrons. The summed E-state index contributed by atoms with van der Waals surface area (Å²) in [6.45, 7) is 6.03. The van der Waals surface area contributed by atoms with Crippen LogP contribution in [0.2, 0.25) is 0 Å². The third-order valence-corrected chi connectivity index (χ3v) is 3.33. The summed E-state index contributed by atoms with van der Waals surface area (Å²) in [6.07, 6.45) is 0.519. The van der Waals surface area contributed by atoms with Crippen molar-refractivity contribution in [2.45, 2.75) is 39.3 Å². The number of aryl methyl sites for hydroxylation is 1. The highest BCUT2D eigenvalue weighted by Gasteiger charge is 2.13. The molecule has 16 heavy (non-hydrogen) atoms. The Hall–Kier alpha value is -1.14. The van der Waals surface area contributed by atoms with Gasteiger partial charge in [0.2, 0.25) is 0 Å². The van der Waals surface area contributed by atoms with E-state index in [9.17, 15) is 0 Å². The molecule has 4 N–H and O–H groups in total. The fourth-order valence-corrected chi connectivity index (χ4v) is 2.30. The first-order chi connectivity index (χ1) is 7.52. The molecule has 0 amide bonds. The van der Waals surface area contributed by atoms with Crippen LogP contribution in [-0.4, -0.2) is 22.1 Å². The molecule has 6 heteroatoms. The van der Waals surface area contributed by atoms with E-state index in [0.29, 0.717) is 6.42 Å². The predicted octanol–water partition coefficient (Wildman–Crippen LogP) is 1.63. The van der Waals surface area contributed by atoms with E-state index in [4.69, 9.17) is 10.9 Å². The van der Waals surface area contributed by atoms with Gasteiger partial charge in [0.25, 0.3) is 0 Å². The van der Waals surface area contributed by atoms with Crippen LogP contribution in [0, 0.1) is 6.92 Å². The van der Waals surface area contributed by atoms with Gasteiger partial charge in [-0.3, -0.25) is 0 Å². The molecule has 2 unspecified atom stereocenters. The second-order valence-corrected chi connectivity index (χ2v) is 4.80. The van der Waals surface area contributed by atoms with Crippen LogP contribution in [0.1, 0.15) is 37.0 Å². The first kappa shape index (κ1) is 12.9. The molecule has 2 atom stereocenters. The largest absolute Gasteiger partial charge is 0.409 e. The number of aromatic nitrogens is 1. The maximum Gasteiger partial charge on any atom is 0.140 e. The fraction of sp³-hybridized carbons (Fsp3) is 0.600. The second-order valence-electron chi connectivity index (χ2n) is 3.91. The smallest absolute Gasteiger partial charge is 0.140 e. The van der Waals surface area contributed by atoms with E-state index in [1.165, 1.54) is 0 Å². The first-order valence-electron chi connectivity index (χ1n) is 5.17. The highest BCUT2D eigenvalue weighted by Crippen LogP contribution is 2.18. The average Bonchev–Trinajstić information content (AvgIpc) is 2.64. The summed E-state index contributed by atoms with van der Waals surface area (Å²) >= 11 is 1.64. The maximum atomic E-state index is 8.46. The molecule has 0 aliphatic carbocycles. The lowest BCUT2D eigenvalue weighted by Crippen LogP contribution is -2.33. The molecule has 5 nitrogen and oxygen atoms in total. The molecule has 0 bridgehead atoms. The molecule has 0 aliphatic heterocycles. The Morgan fingerprint density at radius 2 is 2.38 bits per heavy atom. The molecule has 1 heterocycles. The van der Waals surface area contributed by atoms with Gasteiger partial charge in [0, 0.05) is 23.5 Å². The molecule has 1 aromatic rings. The van der Waals surface area contributed by atoms with Gasteiger partial charge in [0.1, 0.15) is 10.8 Å². The van der Waals surface area contributed by atoms with Crippen molar-refractivity contribution < 1.29 is 5.21 Å². The zero-order chi connectivity index (χ0) is 12.1.